The lowest BCUT2D eigenvalue weighted by Crippen LogP contribution is -2.42. The topological polar surface area (TPSA) is 251 Å². The summed E-state index contributed by atoms with van der Waals surface area (Å²) in [4.78, 5) is 40.0. The number of anilines is 2. The molecule has 2 aliphatic heterocycles. The lowest BCUT2D eigenvalue weighted by molar-refractivity contribution is -0.137. The number of carboxylic acid groups (broad SMARTS) is 1. The minimum atomic E-state index is -1.30. The van der Waals surface area contributed by atoms with Crippen molar-refractivity contribution in [3.8, 4) is 5.75 Å². The zero-order valence-corrected chi connectivity index (χ0v) is 29.9. The maximum Gasteiger partial charge on any atom is 0.305 e. The normalized spacial score (nSPS) is 18.4. The number of carbonyl (C=O) groups excluding carboxylic acids is 2. The second kappa shape index (κ2) is 17.1. The smallest absolute Gasteiger partial charge is 0.305 e. The monoisotopic (exact) mass is 769 g/mol. The molecule has 0 bridgehead atoms. The summed E-state index contributed by atoms with van der Waals surface area (Å²) < 4.78 is 0.775. The molecule has 5 atom stereocenters. The molecular weight excluding hydrogens is 726 g/mol. The van der Waals surface area contributed by atoms with Gasteiger partial charge in [0.05, 0.1) is 31.7 Å². The van der Waals surface area contributed by atoms with E-state index in [1.165, 1.54) is 12.1 Å². The number of para-hydroxylation sites is 1. The molecule has 16 heteroatoms. The fourth-order valence-corrected chi connectivity index (χ4v) is 5.82. The average molecular weight is 771 g/mol. The van der Waals surface area contributed by atoms with Gasteiger partial charge in [-0.05, 0) is 52.9 Å². The lowest BCUT2D eigenvalue weighted by atomic mass is 9.85. The van der Waals surface area contributed by atoms with Crippen molar-refractivity contribution in [2.24, 2.45) is 10.7 Å². The largest absolute Gasteiger partial charge is 0.508 e. The van der Waals surface area contributed by atoms with Crippen LogP contribution in [0.4, 0.5) is 11.4 Å². The van der Waals surface area contributed by atoms with Crippen molar-refractivity contribution in [3.05, 3.63) is 87.4 Å². The Bertz CT molecular complexity index is 1760. The number of aromatic hydroxyl groups is 1. The van der Waals surface area contributed by atoms with Crippen molar-refractivity contribution >= 4 is 50.9 Å². The van der Waals surface area contributed by atoms with Gasteiger partial charge in [0.25, 0.3) is 0 Å². The number of carbonyl (C=O) groups is 3. The Morgan fingerprint density at radius 1 is 1.08 bits per heavy atom. The number of rotatable bonds is 10. The number of guanidine groups is 1. The van der Waals surface area contributed by atoms with E-state index in [1.807, 2.05) is 39.0 Å². The Morgan fingerprint density at radius 2 is 1.80 bits per heavy atom. The number of halogens is 1. The van der Waals surface area contributed by atoms with Crippen molar-refractivity contribution < 1.29 is 39.9 Å². The molecule has 0 fully saturated rings. The number of nitrogens with two attached hydrogens (primary N) is 1. The first-order valence-electron chi connectivity index (χ1n) is 16.1. The van der Waals surface area contributed by atoms with Crippen LogP contribution < -0.4 is 32.3 Å². The lowest BCUT2D eigenvalue weighted by Gasteiger charge is -2.24. The van der Waals surface area contributed by atoms with Gasteiger partial charge in [-0.1, -0.05) is 54.9 Å². The fourth-order valence-electron chi connectivity index (χ4n) is 5.31. The second-order valence-electron chi connectivity index (χ2n) is 13.2. The maximum absolute atomic E-state index is 12.7. The van der Waals surface area contributed by atoms with Crippen molar-refractivity contribution in [1.82, 2.24) is 16.0 Å². The molecule has 0 saturated carbocycles. The van der Waals surface area contributed by atoms with E-state index in [0.29, 0.717) is 34.9 Å². The van der Waals surface area contributed by atoms with Crippen LogP contribution in [0.3, 0.4) is 0 Å². The third kappa shape index (κ3) is 11.2. The molecule has 1 amide bonds. The number of nitrogens with zero attached hydrogens (tertiary/aromatic N) is 1. The van der Waals surface area contributed by atoms with Crippen LogP contribution in [0.2, 0.25) is 0 Å². The zero-order valence-electron chi connectivity index (χ0n) is 28.4. The fraction of sp³-hybridized carbons (Fsp3) is 0.371. The van der Waals surface area contributed by atoms with E-state index in [0.717, 1.165) is 15.7 Å². The number of carboxylic acids is 1. The first-order chi connectivity index (χ1) is 24.0. The highest BCUT2D eigenvalue weighted by Crippen LogP contribution is 2.30. The third-order valence-corrected chi connectivity index (χ3v) is 8.43. The van der Waals surface area contributed by atoms with E-state index < -0.39 is 42.5 Å². The highest BCUT2D eigenvalue weighted by molar-refractivity contribution is 9.10. The Kier molecular flexibility index (Phi) is 13.1. The van der Waals surface area contributed by atoms with E-state index >= 15 is 0 Å². The van der Waals surface area contributed by atoms with Gasteiger partial charge in [0.2, 0.25) is 5.91 Å². The molecule has 3 aromatic carbocycles. The number of hydrogen-bond donors (Lipinski definition) is 11. The Morgan fingerprint density at radius 3 is 2.43 bits per heavy atom. The molecule has 5 unspecified atom stereocenters. The van der Waals surface area contributed by atoms with E-state index in [1.54, 1.807) is 30.3 Å². The van der Waals surface area contributed by atoms with Crippen molar-refractivity contribution in [2.75, 3.05) is 30.3 Å². The summed E-state index contributed by atoms with van der Waals surface area (Å²) in [5.74, 6) is -1.42. The molecular formula is C35H44BrN7O8. The van der Waals surface area contributed by atoms with Crippen LogP contribution in [0.25, 0.3) is 0 Å². The summed E-state index contributed by atoms with van der Waals surface area (Å²) in [5, 5.41) is 62.9. The van der Waals surface area contributed by atoms with Gasteiger partial charge in [0.15, 0.2) is 11.7 Å². The van der Waals surface area contributed by atoms with Crippen LogP contribution in [0.15, 0.2) is 70.1 Å². The maximum atomic E-state index is 12.7. The number of phenols is 1. The quantitative estimate of drug-likeness (QED) is 0.132. The number of fused-ring (bicyclic) bond motifs is 1. The molecule has 274 valence electrons. The van der Waals surface area contributed by atoms with E-state index in [2.05, 4.69) is 47.5 Å². The molecule has 2 aliphatic rings. The molecule has 3 aromatic rings. The molecule has 15 nitrogen and oxygen atoms in total. The minimum absolute atomic E-state index is 0.113. The molecule has 0 saturated heterocycles. The molecule has 0 aromatic heterocycles. The number of aliphatic imine (C=N–C) groups is 1. The van der Waals surface area contributed by atoms with E-state index in [4.69, 9.17) is 10.8 Å². The highest BCUT2D eigenvalue weighted by Gasteiger charge is 2.33. The first-order valence-corrected chi connectivity index (χ1v) is 16.9. The number of amides is 1. The van der Waals surface area contributed by atoms with Crippen LogP contribution in [0.5, 0.6) is 5.75 Å². The standard InChI is InChI=1S/C26H34BrN5O6.C9H10N2O2/c1-26(2,3)16-4-14(5-17(27)8-16)21(10-23(36)37)32-22(35)13-28-24(38)15-6-18(9-19(33)7-15)31-25-29-11-20(34)12-30-25;10-9(13)7-8(12)5-3-1-2-4-6(5)11-7/h4-9,20-21,24,28,33-34,38H,10-13H2,1-3H3,(H,32,35)(H,36,37)(H2,29,30,31);1-4,7,9,11,13H,10H2. The number of phenolic OH excluding ortho intramolecular Hbond substituents is 1. The number of aliphatic hydroxyl groups excluding tert-OH is 3. The Hall–Kier alpha value is -4.58. The summed E-state index contributed by atoms with van der Waals surface area (Å²) in [6, 6.07) is 15.6. The number of nitrogens with one attached hydrogen (secondary N) is 5. The zero-order chi connectivity index (χ0) is 37.5. The van der Waals surface area contributed by atoms with Gasteiger partial charge in [0.1, 0.15) is 24.2 Å². The highest BCUT2D eigenvalue weighted by atomic mass is 79.9. The van der Waals surface area contributed by atoms with Gasteiger partial charge in [0, 0.05) is 39.6 Å². The predicted molar refractivity (Wildman–Crippen MR) is 195 cm³/mol. The SMILES string of the molecule is CC(C)(C)c1cc(Br)cc(C(CC(=O)O)NC(=O)CNC(O)c2cc(O)cc(NC3=NCC(O)CN3)c2)c1.NC(O)C1Nc2ccccc2C1=O. The molecule has 0 aliphatic carbocycles. The van der Waals surface area contributed by atoms with Gasteiger partial charge in [-0.2, -0.15) is 0 Å². The molecule has 0 radical (unpaired) electrons. The molecule has 2 heterocycles. The second-order valence-corrected chi connectivity index (χ2v) is 14.1. The molecule has 12 N–H and O–H groups in total. The van der Waals surface area contributed by atoms with Crippen molar-refractivity contribution in [1.29, 1.82) is 0 Å². The summed E-state index contributed by atoms with van der Waals surface area (Å²) >= 11 is 3.47. The van der Waals surface area contributed by atoms with E-state index in [-0.39, 0.29) is 36.5 Å². The van der Waals surface area contributed by atoms with Gasteiger partial charge >= 0.3 is 5.97 Å². The van der Waals surface area contributed by atoms with Crippen LogP contribution in [0, 0.1) is 0 Å². The van der Waals surface area contributed by atoms with Crippen molar-refractivity contribution in [2.45, 2.75) is 63.3 Å². The van der Waals surface area contributed by atoms with Crippen LogP contribution >= 0.6 is 15.9 Å². The minimum Gasteiger partial charge on any atom is -0.508 e. The average Bonchev–Trinajstić information content (AvgIpc) is 3.40. The summed E-state index contributed by atoms with van der Waals surface area (Å²) in [7, 11) is 0. The number of benzene rings is 3. The number of β-amino-alcohol motifs (C(OH)–C–C–N with tert-alkyl or cyclic N) is 1. The Balaban J connectivity index is 0.000000372. The van der Waals surface area contributed by atoms with Gasteiger partial charge in [-0.15, -0.1) is 0 Å². The number of Topliss-reactive ketones (excluding diaryl/α,β-unsaturated/α-hetero) is 1. The third-order valence-electron chi connectivity index (χ3n) is 7.97. The summed E-state index contributed by atoms with van der Waals surface area (Å²) in [6.07, 6.45) is -3.34. The van der Waals surface area contributed by atoms with E-state index in [9.17, 15) is 34.8 Å². The number of aliphatic carboxylic acids is 1. The Labute approximate surface area is 303 Å². The van der Waals surface area contributed by atoms with Gasteiger partial charge in [-0.25, -0.2) is 0 Å². The first kappa shape index (κ1) is 39.2. The molecule has 0 spiro atoms. The summed E-state index contributed by atoms with van der Waals surface area (Å²) in [6.45, 7) is 6.39. The predicted octanol–water partition coefficient (Wildman–Crippen LogP) is 2.04. The number of aliphatic hydroxyl groups is 3. The van der Waals surface area contributed by atoms with Crippen LogP contribution in [-0.2, 0) is 15.0 Å². The molecule has 5 rings (SSSR count). The number of ketones is 1. The number of hydrogen-bond acceptors (Lipinski definition) is 13. The van der Waals surface area contributed by atoms with Crippen LogP contribution in [-0.4, -0.2) is 87.2 Å². The van der Waals surface area contributed by atoms with Crippen LogP contribution in [0.1, 0.15) is 66.5 Å². The summed E-state index contributed by atoms with van der Waals surface area (Å²) in [5.41, 5.74) is 8.76. The van der Waals surface area contributed by atoms with Gasteiger partial charge < -0.3 is 52.5 Å². The molecule has 51 heavy (non-hydrogen) atoms. The van der Waals surface area contributed by atoms with Crippen molar-refractivity contribution in [3.63, 3.8) is 0 Å². The van der Waals surface area contributed by atoms with Gasteiger partial charge in [-0.3, -0.25) is 24.7 Å².